The average molecular weight is 260 g/mol. The minimum Gasteiger partial charge on any atom is -0.381 e. The molecule has 0 amide bonds. The molecule has 0 spiro atoms. The van der Waals surface area contributed by atoms with Gasteiger partial charge in [-0.2, -0.15) is 0 Å². The van der Waals surface area contributed by atoms with E-state index in [-0.39, 0.29) is 5.41 Å². The Labute approximate surface area is 106 Å². The van der Waals surface area contributed by atoms with E-state index >= 15 is 0 Å². The number of benzene rings is 1. The lowest BCUT2D eigenvalue weighted by molar-refractivity contribution is 0.154. The Bertz CT molecular complexity index is 375. The number of nitrogens with two attached hydrogens (primary N) is 1. The van der Waals surface area contributed by atoms with Crippen molar-refractivity contribution in [3.63, 3.8) is 0 Å². The highest BCUT2D eigenvalue weighted by Gasteiger charge is 2.33. The molecule has 0 bridgehead atoms. The topological polar surface area (TPSA) is 35.2 Å². The average Bonchev–Trinajstić information content (AvgIpc) is 2.73. The van der Waals surface area contributed by atoms with Gasteiger partial charge < -0.3 is 10.5 Å². The summed E-state index contributed by atoms with van der Waals surface area (Å²) in [6, 6.07) is 5.75. The van der Waals surface area contributed by atoms with Crippen molar-refractivity contribution < 1.29 is 4.74 Å². The first-order valence-electron chi connectivity index (χ1n) is 5.37. The van der Waals surface area contributed by atoms with E-state index in [0.717, 1.165) is 26.1 Å². The van der Waals surface area contributed by atoms with Crippen LogP contribution in [-0.4, -0.2) is 19.8 Å². The SMILES string of the molecule is NCC1(Cc2ccc(Cl)c(Cl)c2)CCOC1. The van der Waals surface area contributed by atoms with Crippen LogP contribution in [0.3, 0.4) is 0 Å². The number of halogens is 2. The molecular formula is C12H15Cl2NO. The predicted octanol–water partition coefficient (Wildman–Crippen LogP) is 2.90. The summed E-state index contributed by atoms with van der Waals surface area (Å²) >= 11 is 11.9. The fraction of sp³-hybridized carbons (Fsp3) is 0.500. The zero-order valence-electron chi connectivity index (χ0n) is 9.01. The first-order valence-corrected chi connectivity index (χ1v) is 6.13. The molecule has 0 aliphatic carbocycles. The van der Waals surface area contributed by atoms with Gasteiger partial charge in [0.1, 0.15) is 0 Å². The van der Waals surface area contributed by atoms with Crippen molar-refractivity contribution >= 4 is 23.2 Å². The van der Waals surface area contributed by atoms with Crippen molar-refractivity contribution in [1.82, 2.24) is 0 Å². The molecule has 88 valence electrons. The lowest BCUT2D eigenvalue weighted by Gasteiger charge is -2.25. The third-order valence-corrected chi connectivity index (χ3v) is 3.92. The molecule has 2 N–H and O–H groups in total. The molecule has 1 unspecified atom stereocenters. The fourth-order valence-electron chi connectivity index (χ4n) is 2.10. The van der Waals surface area contributed by atoms with E-state index in [4.69, 9.17) is 33.7 Å². The second-order valence-corrected chi connectivity index (χ2v) is 5.25. The Balaban J connectivity index is 2.16. The summed E-state index contributed by atoms with van der Waals surface area (Å²) in [5.74, 6) is 0. The highest BCUT2D eigenvalue weighted by atomic mass is 35.5. The lowest BCUT2D eigenvalue weighted by atomic mass is 9.81. The largest absolute Gasteiger partial charge is 0.381 e. The van der Waals surface area contributed by atoms with E-state index in [1.165, 1.54) is 5.56 Å². The van der Waals surface area contributed by atoms with Gasteiger partial charge in [0.05, 0.1) is 16.7 Å². The van der Waals surface area contributed by atoms with E-state index in [9.17, 15) is 0 Å². The van der Waals surface area contributed by atoms with E-state index in [0.29, 0.717) is 16.6 Å². The van der Waals surface area contributed by atoms with Crippen LogP contribution in [0.4, 0.5) is 0 Å². The summed E-state index contributed by atoms with van der Waals surface area (Å²) in [4.78, 5) is 0. The van der Waals surface area contributed by atoms with E-state index in [2.05, 4.69) is 0 Å². The van der Waals surface area contributed by atoms with E-state index in [1.807, 2.05) is 18.2 Å². The minimum absolute atomic E-state index is 0.0805. The Morgan fingerprint density at radius 1 is 1.31 bits per heavy atom. The molecule has 1 saturated heterocycles. The van der Waals surface area contributed by atoms with Crippen LogP contribution in [-0.2, 0) is 11.2 Å². The smallest absolute Gasteiger partial charge is 0.0595 e. The molecule has 1 aromatic rings. The molecule has 1 heterocycles. The Kier molecular flexibility index (Phi) is 3.75. The summed E-state index contributed by atoms with van der Waals surface area (Å²) in [5, 5.41) is 1.19. The van der Waals surface area contributed by atoms with Gasteiger partial charge in [-0.1, -0.05) is 29.3 Å². The van der Waals surface area contributed by atoms with Crippen molar-refractivity contribution in [1.29, 1.82) is 0 Å². The molecule has 1 aromatic carbocycles. The maximum absolute atomic E-state index is 5.99. The van der Waals surface area contributed by atoms with Crippen LogP contribution >= 0.6 is 23.2 Å². The van der Waals surface area contributed by atoms with Gasteiger partial charge in [-0.25, -0.2) is 0 Å². The molecule has 0 saturated carbocycles. The Morgan fingerprint density at radius 2 is 2.12 bits per heavy atom. The van der Waals surface area contributed by atoms with Crippen molar-refractivity contribution in [2.24, 2.45) is 11.1 Å². The van der Waals surface area contributed by atoms with Gasteiger partial charge in [-0.05, 0) is 30.5 Å². The predicted molar refractivity (Wildman–Crippen MR) is 67.1 cm³/mol. The highest BCUT2D eigenvalue weighted by molar-refractivity contribution is 6.42. The summed E-state index contributed by atoms with van der Waals surface area (Å²) in [6.07, 6.45) is 1.92. The highest BCUT2D eigenvalue weighted by Crippen LogP contribution is 2.33. The van der Waals surface area contributed by atoms with Gasteiger partial charge >= 0.3 is 0 Å². The third-order valence-electron chi connectivity index (χ3n) is 3.18. The minimum atomic E-state index is 0.0805. The standard InChI is InChI=1S/C12H15Cl2NO/c13-10-2-1-9(5-11(10)14)6-12(7-15)3-4-16-8-12/h1-2,5H,3-4,6-8,15H2. The zero-order chi connectivity index (χ0) is 11.6. The van der Waals surface area contributed by atoms with Gasteiger partial charge in [0.2, 0.25) is 0 Å². The van der Waals surface area contributed by atoms with Crippen LogP contribution in [0.25, 0.3) is 0 Å². The number of hydrogen-bond donors (Lipinski definition) is 1. The molecule has 4 heteroatoms. The van der Waals surface area contributed by atoms with Gasteiger partial charge in [-0.3, -0.25) is 0 Å². The second-order valence-electron chi connectivity index (χ2n) is 4.43. The van der Waals surface area contributed by atoms with Crippen LogP contribution in [0.15, 0.2) is 18.2 Å². The molecule has 1 aliphatic rings. The fourth-order valence-corrected chi connectivity index (χ4v) is 2.43. The third kappa shape index (κ3) is 2.51. The van der Waals surface area contributed by atoms with E-state index < -0.39 is 0 Å². The summed E-state index contributed by atoms with van der Waals surface area (Å²) in [7, 11) is 0. The summed E-state index contributed by atoms with van der Waals surface area (Å²) < 4.78 is 5.44. The van der Waals surface area contributed by atoms with Gasteiger partial charge in [0.15, 0.2) is 0 Å². The zero-order valence-corrected chi connectivity index (χ0v) is 10.5. The van der Waals surface area contributed by atoms with E-state index in [1.54, 1.807) is 0 Å². The van der Waals surface area contributed by atoms with Gasteiger partial charge in [0.25, 0.3) is 0 Å². The summed E-state index contributed by atoms with van der Waals surface area (Å²) in [5.41, 5.74) is 7.10. The Hall–Kier alpha value is -0.280. The molecule has 1 atom stereocenters. The molecular weight excluding hydrogens is 245 g/mol. The molecule has 1 aliphatic heterocycles. The Morgan fingerprint density at radius 3 is 2.69 bits per heavy atom. The molecule has 2 rings (SSSR count). The normalized spacial score (nSPS) is 24.9. The van der Waals surface area contributed by atoms with Crippen LogP contribution in [0.5, 0.6) is 0 Å². The lowest BCUT2D eigenvalue weighted by Crippen LogP contribution is -2.33. The summed E-state index contributed by atoms with van der Waals surface area (Å²) in [6.45, 7) is 2.19. The van der Waals surface area contributed by atoms with Gasteiger partial charge in [-0.15, -0.1) is 0 Å². The second kappa shape index (κ2) is 4.92. The number of ether oxygens (including phenoxy) is 1. The molecule has 0 radical (unpaired) electrons. The van der Waals surface area contributed by atoms with Crippen molar-refractivity contribution in [3.8, 4) is 0 Å². The molecule has 0 aromatic heterocycles. The van der Waals surface area contributed by atoms with Crippen molar-refractivity contribution in [2.45, 2.75) is 12.8 Å². The van der Waals surface area contributed by atoms with Crippen LogP contribution in [0.1, 0.15) is 12.0 Å². The van der Waals surface area contributed by atoms with Crippen LogP contribution in [0.2, 0.25) is 10.0 Å². The maximum atomic E-state index is 5.99. The van der Waals surface area contributed by atoms with Crippen molar-refractivity contribution in [3.05, 3.63) is 33.8 Å². The van der Waals surface area contributed by atoms with Crippen LogP contribution in [0, 0.1) is 5.41 Å². The number of rotatable bonds is 3. The number of hydrogen-bond acceptors (Lipinski definition) is 2. The maximum Gasteiger partial charge on any atom is 0.0595 e. The first-order chi connectivity index (χ1) is 7.65. The monoisotopic (exact) mass is 259 g/mol. The van der Waals surface area contributed by atoms with Gasteiger partial charge in [0, 0.05) is 18.6 Å². The molecule has 16 heavy (non-hydrogen) atoms. The first kappa shape index (κ1) is 12.2. The quantitative estimate of drug-likeness (QED) is 0.906. The van der Waals surface area contributed by atoms with Crippen LogP contribution < -0.4 is 5.73 Å². The van der Waals surface area contributed by atoms with Crippen molar-refractivity contribution in [2.75, 3.05) is 19.8 Å². The molecule has 2 nitrogen and oxygen atoms in total. The molecule has 1 fully saturated rings.